The van der Waals surface area contributed by atoms with E-state index in [1.165, 1.54) is 18.6 Å². The predicted molar refractivity (Wildman–Crippen MR) is 143 cm³/mol. The Labute approximate surface area is 229 Å². The molecule has 1 aromatic carbocycles. The Morgan fingerprint density at radius 3 is 1.95 bits per heavy atom. The summed E-state index contributed by atoms with van der Waals surface area (Å²) in [6, 6.07) is 6.33. The van der Waals surface area contributed by atoms with E-state index in [0.717, 1.165) is 31.2 Å². The normalized spacial score (nSPS) is 17.6. The topological polar surface area (TPSA) is 102 Å². The first-order chi connectivity index (χ1) is 18.6. The van der Waals surface area contributed by atoms with E-state index in [4.69, 9.17) is 24.4 Å². The minimum absolute atomic E-state index is 0.0872. The van der Waals surface area contributed by atoms with Gasteiger partial charge in [-0.3, -0.25) is 0 Å². The molecular weight excluding hydrogens is 510 g/mol. The lowest BCUT2D eigenvalue weighted by molar-refractivity contribution is -0.278. The maximum Gasteiger partial charge on any atom is 0.383 e. The molecule has 1 saturated carbocycles. The first-order valence-electron chi connectivity index (χ1n) is 13.7. The van der Waals surface area contributed by atoms with Crippen LogP contribution in [0, 0.1) is 11.8 Å². The van der Waals surface area contributed by atoms with Gasteiger partial charge in [-0.1, -0.05) is 63.6 Å². The molecule has 218 valence electrons. The van der Waals surface area contributed by atoms with Crippen LogP contribution in [0.2, 0.25) is 0 Å². The molecule has 2 N–H and O–H groups in total. The first kappa shape index (κ1) is 32.6. The van der Waals surface area contributed by atoms with Gasteiger partial charge in [0, 0.05) is 5.92 Å². The number of carbonyl (C=O) groups is 2. The largest absolute Gasteiger partial charge is 0.462 e. The lowest BCUT2D eigenvalue weighted by Gasteiger charge is -2.34. The molecule has 9 heteroatoms. The fourth-order valence-electron chi connectivity index (χ4n) is 4.60. The number of benzene rings is 1. The Kier molecular flexibility index (Phi) is 13.8. The van der Waals surface area contributed by atoms with E-state index in [0.29, 0.717) is 25.7 Å². The Morgan fingerprint density at radius 2 is 1.46 bits per heavy atom. The second-order valence-corrected chi connectivity index (χ2v) is 10.2. The van der Waals surface area contributed by atoms with Crippen LogP contribution in [-0.4, -0.2) is 54.7 Å². The number of hydrogen-bond donors (Lipinski definition) is 2. The van der Waals surface area contributed by atoms with Gasteiger partial charge in [-0.15, -0.1) is 0 Å². The van der Waals surface area contributed by atoms with Crippen molar-refractivity contribution in [3.63, 3.8) is 0 Å². The van der Waals surface area contributed by atoms with Crippen LogP contribution in [0.4, 0.5) is 8.78 Å². The molecule has 0 heterocycles. The Morgan fingerprint density at radius 1 is 0.923 bits per heavy atom. The monoisotopic (exact) mass is 552 g/mol. The summed E-state index contributed by atoms with van der Waals surface area (Å²) < 4.78 is 45.6. The molecule has 1 fully saturated rings. The van der Waals surface area contributed by atoms with Crippen LogP contribution in [0.5, 0.6) is 0 Å². The van der Waals surface area contributed by atoms with E-state index in [9.17, 15) is 18.4 Å². The van der Waals surface area contributed by atoms with Crippen LogP contribution < -0.4 is 0 Å². The summed E-state index contributed by atoms with van der Waals surface area (Å²) in [5.74, 6) is -2.03. The predicted octanol–water partition coefficient (Wildman–Crippen LogP) is 5.23. The number of aliphatic hydroxyl groups is 2. The zero-order chi connectivity index (χ0) is 28.8. The van der Waals surface area contributed by atoms with Gasteiger partial charge < -0.3 is 24.4 Å². The summed E-state index contributed by atoms with van der Waals surface area (Å²) in [6.07, 6.45) is 2.99. The van der Waals surface area contributed by atoms with Gasteiger partial charge >= 0.3 is 18.0 Å². The molecular formula is C30H42F2O7. The standard InChI is InChI=1S/C30H42F2O7/c1-4-5-6-7-8-23-9-13-26(14-10-23)30(31,32)39-27-15-11-24(12-16-27)25(19-37-28(35)21(2)17-33)20-38-29(36)22(3)18-34/h9-10,13-14,24-25,27,33-34H,2-8,11-12,15-20H2,1H3. The van der Waals surface area contributed by atoms with Crippen LogP contribution in [0.15, 0.2) is 48.6 Å². The van der Waals surface area contributed by atoms with Crippen molar-refractivity contribution >= 4 is 11.9 Å². The molecule has 0 bridgehead atoms. The summed E-state index contributed by atoms with van der Waals surface area (Å²) in [5, 5.41) is 18.2. The lowest BCUT2D eigenvalue weighted by Crippen LogP contribution is -2.35. The highest BCUT2D eigenvalue weighted by atomic mass is 19.3. The summed E-state index contributed by atoms with van der Waals surface area (Å²) >= 11 is 0. The number of aryl methyl sites for hydroxylation is 1. The first-order valence-corrected chi connectivity index (χ1v) is 13.7. The van der Waals surface area contributed by atoms with Crippen molar-refractivity contribution in [1.82, 2.24) is 0 Å². The van der Waals surface area contributed by atoms with Gasteiger partial charge in [-0.2, -0.15) is 8.78 Å². The number of alkyl halides is 2. The Bertz CT molecular complexity index is 905. The number of carbonyl (C=O) groups excluding carboxylic acids is 2. The van der Waals surface area contributed by atoms with E-state index in [1.807, 2.05) is 0 Å². The van der Waals surface area contributed by atoms with E-state index in [1.54, 1.807) is 12.1 Å². The fourth-order valence-corrected chi connectivity index (χ4v) is 4.60. The average molecular weight is 553 g/mol. The molecule has 0 saturated heterocycles. The SMILES string of the molecule is C=C(CO)C(=O)OCC(COC(=O)C(=C)CO)C1CCC(OC(F)(F)c2ccc(CCCCCC)cc2)CC1. The van der Waals surface area contributed by atoms with Crippen molar-refractivity contribution in [2.75, 3.05) is 26.4 Å². The Hall–Kier alpha value is -2.62. The van der Waals surface area contributed by atoms with Crippen molar-refractivity contribution in [2.45, 2.75) is 76.9 Å². The van der Waals surface area contributed by atoms with Crippen LogP contribution in [0.1, 0.15) is 69.4 Å². The minimum Gasteiger partial charge on any atom is -0.462 e. The van der Waals surface area contributed by atoms with Crippen LogP contribution in [-0.2, 0) is 36.3 Å². The smallest absolute Gasteiger partial charge is 0.383 e. The summed E-state index contributed by atoms with van der Waals surface area (Å²) in [6.45, 7) is 7.70. The number of esters is 2. The van der Waals surface area contributed by atoms with Crippen molar-refractivity contribution in [2.24, 2.45) is 11.8 Å². The molecule has 0 spiro atoms. The minimum atomic E-state index is -3.42. The van der Waals surface area contributed by atoms with Crippen LogP contribution in [0.3, 0.4) is 0 Å². The van der Waals surface area contributed by atoms with Crippen LogP contribution in [0.25, 0.3) is 0 Å². The molecule has 0 radical (unpaired) electrons. The van der Waals surface area contributed by atoms with Gasteiger partial charge in [0.05, 0.1) is 49.2 Å². The van der Waals surface area contributed by atoms with Gasteiger partial charge in [0.25, 0.3) is 0 Å². The maximum absolute atomic E-state index is 14.9. The number of halogens is 2. The molecule has 1 aromatic rings. The summed E-state index contributed by atoms with van der Waals surface area (Å²) in [4.78, 5) is 23.9. The summed E-state index contributed by atoms with van der Waals surface area (Å²) in [7, 11) is 0. The zero-order valence-electron chi connectivity index (χ0n) is 22.8. The maximum atomic E-state index is 14.9. The fraction of sp³-hybridized carbons (Fsp3) is 0.600. The average Bonchev–Trinajstić information content (AvgIpc) is 2.94. The van der Waals surface area contributed by atoms with E-state index in [2.05, 4.69) is 20.1 Å². The lowest BCUT2D eigenvalue weighted by atomic mass is 9.79. The molecule has 2 rings (SSSR count). The third-order valence-corrected chi connectivity index (χ3v) is 7.13. The highest BCUT2D eigenvalue weighted by molar-refractivity contribution is 5.88. The highest BCUT2D eigenvalue weighted by Crippen LogP contribution is 2.38. The summed E-state index contributed by atoms with van der Waals surface area (Å²) in [5.41, 5.74) is 0.641. The number of hydrogen-bond acceptors (Lipinski definition) is 7. The molecule has 7 nitrogen and oxygen atoms in total. The second-order valence-electron chi connectivity index (χ2n) is 10.2. The molecule has 1 aliphatic rings. The zero-order valence-corrected chi connectivity index (χ0v) is 22.8. The van der Waals surface area contributed by atoms with E-state index < -0.39 is 43.3 Å². The highest BCUT2D eigenvalue weighted by Gasteiger charge is 2.38. The van der Waals surface area contributed by atoms with Crippen molar-refractivity contribution < 1.29 is 42.8 Å². The van der Waals surface area contributed by atoms with E-state index in [-0.39, 0.29) is 35.8 Å². The molecule has 1 aliphatic carbocycles. The third kappa shape index (κ3) is 10.8. The Balaban J connectivity index is 1.93. The molecule has 0 aliphatic heterocycles. The quantitative estimate of drug-likeness (QED) is 0.155. The van der Waals surface area contributed by atoms with Crippen LogP contribution >= 0.6 is 0 Å². The number of rotatable bonds is 17. The van der Waals surface area contributed by atoms with Crippen molar-refractivity contribution in [3.8, 4) is 0 Å². The number of ether oxygens (including phenoxy) is 3. The van der Waals surface area contributed by atoms with Gasteiger partial charge in [0.2, 0.25) is 0 Å². The number of unbranched alkanes of at least 4 members (excludes halogenated alkanes) is 3. The van der Waals surface area contributed by atoms with E-state index >= 15 is 0 Å². The van der Waals surface area contributed by atoms with Gasteiger partial charge in [-0.25, -0.2) is 9.59 Å². The molecule has 0 amide bonds. The second kappa shape index (κ2) is 16.5. The molecule has 0 aromatic heterocycles. The van der Waals surface area contributed by atoms with Crippen molar-refractivity contribution in [3.05, 3.63) is 59.7 Å². The van der Waals surface area contributed by atoms with Crippen molar-refractivity contribution in [1.29, 1.82) is 0 Å². The molecule has 0 unspecified atom stereocenters. The van der Waals surface area contributed by atoms with Gasteiger partial charge in [0.15, 0.2) is 0 Å². The van der Waals surface area contributed by atoms with Gasteiger partial charge in [-0.05, 0) is 50.0 Å². The molecule has 39 heavy (non-hydrogen) atoms. The third-order valence-electron chi connectivity index (χ3n) is 7.13. The number of aliphatic hydroxyl groups excluding tert-OH is 2. The molecule has 0 atom stereocenters. The van der Waals surface area contributed by atoms with Gasteiger partial charge in [0.1, 0.15) is 0 Å².